The fraction of sp³-hybridized carbons (Fsp3) is 0.769. The van der Waals surface area contributed by atoms with Gasteiger partial charge in [-0.15, -0.1) is 0 Å². The predicted octanol–water partition coefficient (Wildman–Crippen LogP) is 16.5. The van der Waals surface area contributed by atoms with Gasteiger partial charge in [0.2, 0.25) is 0 Å². The standard InChI is InChI=1S/C65H114O9/c1-3-5-7-9-11-13-15-17-19-21-23-25-27-29-31-33-35-37-39-41-43-45-47-49-51-53-55-71-57-59(58-72-65-64(70)63(69)62(68)60(56-66)74-65)73-61(67)54-52-50-48-46-44-42-40-38-36-34-32-30-28-26-24-22-20-18-16-14-12-10-8-6-4-2/h6,8,12,14,18,20-21,23-24,26,30,32,36,38,59-60,62-66,68-70H,3-5,7,9-11,13,15-17,19,22,25,27-29,31,33-35,37,39-58H2,1-2H3/b8-6-,14-12-,20-18-,23-21-,26-24-,32-30-,38-36-. The van der Waals surface area contributed by atoms with Crippen molar-refractivity contribution in [2.75, 3.05) is 26.4 Å². The highest BCUT2D eigenvalue weighted by Crippen LogP contribution is 2.23. The molecule has 0 radical (unpaired) electrons. The summed E-state index contributed by atoms with van der Waals surface area (Å²) in [6, 6.07) is 0. The molecule has 0 bridgehead atoms. The van der Waals surface area contributed by atoms with Crippen LogP contribution in [0.2, 0.25) is 0 Å². The second-order valence-electron chi connectivity index (χ2n) is 20.8. The third kappa shape index (κ3) is 44.5. The summed E-state index contributed by atoms with van der Waals surface area (Å²) in [7, 11) is 0. The number of allylic oxidation sites excluding steroid dienone is 14. The first-order valence-corrected chi connectivity index (χ1v) is 30.7. The van der Waals surface area contributed by atoms with Crippen molar-refractivity contribution >= 4 is 5.97 Å². The molecule has 1 saturated heterocycles. The molecule has 1 aliphatic heterocycles. The van der Waals surface area contributed by atoms with E-state index in [0.717, 1.165) is 83.5 Å². The van der Waals surface area contributed by atoms with Crippen molar-refractivity contribution in [2.45, 2.75) is 295 Å². The minimum absolute atomic E-state index is 0.123. The summed E-state index contributed by atoms with van der Waals surface area (Å²) >= 11 is 0. The van der Waals surface area contributed by atoms with E-state index in [0.29, 0.717) is 13.0 Å². The largest absolute Gasteiger partial charge is 0.457 e. The van der Waals surface area contributed by atoms with E-state index in [9.17, 15) is 25.2 Å². The van der Waals surface area contributed by atoms with Crippen LogP contribution in [-0.2, 0) is 23.7 Å². The maximum absolute atomic E-state index is 12.9. The zero-order valence-corrected chi connectivity index (χ0v) is 47.6. The van der Waals surface area contributed by atoms with Crippen molar-refractivity contribution in [3.8, 4) is 0 Å². The SMILES string of the molecule is CC/C=C\C/C=C\C/C=C\C/C=C\C/C=C\C/C=C\CCCCCCCCC(=O)OC(COCCCCCCCCCCCCCCCC/C=C\CCCCCCCCCC)COC1OC(CO)C(O)C(O)C1O. The summed E-state index contributed by atoms with van der Waals surface area (Å²) in [5.74, 6) is -0.327. The number of ether oxygens (including phenoxy) is 4. The molecule has 1 fully saturated rings. The molecule has 428 valence electrons. The number of esters is 1. The van der Waals surface area contributed by atoms with Crippen LogP contribution in [0.15, 0.2) is 85.1 Å². The van der Waals surface area contributed by atoms with Gasteiger partial charge in [-0.25, -0.2) is 0 Å². The lowest BCUT2D eigenvalue weighted by molar-refractivity contribution is -0.305. The van der Waals surface area contributed by atoms with Gasteiger partial charge in [-0.2, -0.15) is 0 Å². The van der Waals surface area contributed by atoms with Gasteiger partial charge in [0.15, 0.2) is 6.29 Å². The van der Waals surface area contributed by atoms with Gasteiger partial charge < -0.3 is 39.4 Å². The smallest absolute Gasteiger partial charge is 0.306 e. The molecule has 0 aromatic carbocycles. The molecule has 0 aromatic heterocycles. The Bertz CT molecular complexity index is 1420. The highest BCUT2D eigenvalue weighted by atomic mass is 16.7. The van der Waals surface area contributed by atoms with Crippen LogP contribution in [0.4, 0.5) is 0 Å². The first-order chi connectivity index (χ1) is 36.4. The second-order valence-corrected chi connectivity index (χ2v) is 20.8. The Kier molecular flexibility index (Phi) is 51.7. The molecule has 0 aliphatic carbocycles. The molecule has 6 unspecified atom stereocenters. The van der Waals surface area contributed by atoms with E-state index in [1.54, 1.807) is 0 Å². The summed E-state index contributed by atoms with van der Waals surface area (Å²) < 4.78 is 23.0. The van der Waals surface area contributed by atoms with Gasteiger partial charge in [-0.05, 0) is 89.9 Å². The summed E-state index contributed by atoms with van der Waals surface area (Å²) in [5.41, 5.74) is 0. The van der Waals surface area contributed by atoms with Gasteiger partial charge in [0.25, 0.3) is 0 Å². The lowest BCUT2D eigenvalue weighted by Crippen LogP contribution is -2.59. The molecule has 0 amide bonds. The van der Waals surface area contributed by atoms with Crippen LogP contribution >= 0.6 is 0 Å². The second kappa shape index (κ2) is 55.1. The third-order valence-corrected chi connectivity index (χ3v) is 13.8. The van der Waals surface area contributed by atoms with Gasteiger partial charge in [0.1, 0.15) is 30.5 Å². The number of carbonyl (C=O) groups is 1. The van der Waals surface area contributed by atoms with Crippen LogP contribution in [-0.4, -0.2) is 89.6 Å². The van der Waals surface area contributed by atoms with Crippen LogP contribution in [0.1, 0.15) is 258 Å². The van der Waals surface area contributed by atoms with Gasteiger partial charge >= 0.3 is 5.97 Å². The Labute approximate surface area is 454 Å². The van der Waals surface area contributed by atoms with Crippen molar-refractivity contribution < 1.29 is 44.2 Å². The van der Waals surface area contributed by atoms with E-state index in [4.69, 9.17) is 18.9 Å². The molecule has 0 saturated carbocycles. The molecule has 1 aliphatic rings. The van der Waals surface area contributed by atoms with E-state index in [1.165, 1.54) is 154 Å². The lowest BCUT2D eigenvalue weighted by atomic mass is 9.99. The van der Waals surface area contributed by atoms with Crippen LogP contribution in [0.25, 0.3) is 0 Å². The number of unbranched alkanes of at least 4 members (excludes halogenated alkanes) is 28. The fourth-order valence-electron chi connectivity index (χ4n) is 9.08. The number of aliphatic hydroxyl groups is 4. The Hall–Kier alpha value is -2.63. The highest BCUT2D eigenvalue weighted by molar-refractivity contribution is 5.69. The molecule has 1 heterocycles. The molecule has 1 rings (SSSR count). The molecule has 9 heteroatoms. The minimum Gasteiger partial charge on any atom is -0.457 e. The minimum atomic E-state index is -1.54. The number of rotatable bonds is 53. The Morgan fingerprint density at radius 1 is 0.446 bits per heavy atom. The van der Waals surface area contributed by atoms with Crippen molar-refractivity contribution in [3.63, 3.8) is 0 Å². The zero-order valence-electron chi connectivity index (χ0n) is 47.6. The summed E-state index contributed by atoms with van der Waals surface area (Å²) in [6.45, 7) is 4.45. The fourth-order valence-corrected chi connectivity index (χ4v) is 9.08. The van der Waals surface area contributed by atoms with E-state index in [2.05, 4.69) is 98.9 Å². The van der Waals surface area contributed by atoms with Crippen molar-refractivity contribution in [3.05, 3.63) is 85.1 Å². The highest BCUT2D eigenvalue weighted by Gasteiger charge is 2.44. The van der Waals surface area contributed by atoms with E-state index >= 15 is 0 Å². The van der Waals surface area contributed by atoms with Crippen LogP contribution in [0.3, 0.4) is 0 Å². The van der Waals surface area contributed by atoms with Gasteiger partial charge in [-0.3, -0.25) is 4.79 Å². The molecular weight excluding hydrogens is 925 g/mol. The number of hydrogen-bond acceptors (Lipinski definition) is 9. The van der Waals surface area contributed by atoms with Crippen molar-refractivity contribution in [2.24, 2.45) is 0 Å². The number of hydrogen-bond donors (Lipinski definition) is 4. The summed E-state index contributed by atoms with van der Waals surface area (Å²) in [5, 5.41) is 40.4. The first kappa shape index (κ1) is 69.4. The quantitative estimate of drug-likeness (QED) is 0.0267. The van der Waals surface area contributed by atoms with Crippen LogP contribution in [0.5, 0.6) is 0 Å². The molecular formula is C65H114O9. The molecule has 6 atom stereocenters. The summed E-state index contributed by atoms with van der Waals surface area (Å²) in [4.78, 5) is 12.9. The van der Waals surface area contributed by atoms with Crippen LogP contribution < -0.4 is 0 Å². The third-order valence-electron chi connectivity index (χ3n) is 13.8. The Morgan fingerprint density at radius 3 is 1.26 bits per heavy atom. The van der Waals surface area contributed by atoms with E-state index in [-0.39, 0.29) is 19.2 Å². The molecule has 4 N–H and O–H groups in total. The maximum Gasteiger partial charge on any atom is 0.306 e. The molecule has 0 aromatic rings. The average Bonchev–Trinajstić information content (AvgIpc) is 3.40. The summed E-state index contributed by atoms with van der Waals surface area (Å²) in [6.07, 6.45) is 69.2. The number of carbonyl (C=O) groups excluding carboxylic acids is 1. The zero-order chi connectivity index (χ0) is 53.5. The lowest BCUT2D eigenvalue weighted by Gasteiger charge is -2.39. The molecule has 0 spiro atoms. The van der Waals surface area contributed by atoms with E-state index < -0.39 is 43.4 Å². The van der Waals surface area contributed by atoms with E-state index in [1.807, 2.05) is 0 Å². The maximum atomic E-state index is 12.9. The molecule has 74 heavy (non-hydrogen) atoms. The normalized spacial score (nSPS) is 19.1. The monoisotopic (exact) mass is 1040 g/mol. The topological polar surface area (TPSA) is 135 Å². The van der Waals surface area contributed by atoms with Crippen molar-refractivity contribution in [1.29, 1.82) is 0 Å². The first-order valence-electron chi connectivity index (χ1n) is 30.7. The predicted molar refractivity (Wildman–Crippen MR) is 311 cm³/mol. The Balaban J connectivity index is 2.15. The van der Waals surface area contributed by atoms with Gasteiger partial charge in [0, 0.05) is 13.0 Å². The molecule has 9 nitrogen and oxygen atoms in total. The number of aliphatic hydroxyl groups excluding tert-OH is 4. The Morgan fingerprint density at radius 2 is 0.824 bits per heavy atom. The van der Waals surface area contributed by atoms with Gasteiger partial charge in [-0.1, -0.05) is 247 Å². The average molecular weight is 1040 g/mol. The van der Waals surface area contributed by atoms with Crippen LogP contribution in [0, 0.1) is 0 Å². The van der Waals surface area contributed by atoms with Gasteiger partial charge in [0.05, 0.1) is 19.8 Å². The van der Waals surface area contributed by atoms with Crippen molar-refractivity contribution in [1.82, 2.24) is 0 Å².